The number of benzene rings is 3. The zero-order valence-corrected chi connectivity index (χ0v) is 17.5. The summed E-state index contributed by atoms with van der Waals surface area (Å²) in [6.07, 6.45) is 0. The van der Waals surface area contributed by atoms with E-state index in [-0.39, 0.29) is 33.5 Å². The van der Waals surface area contributed by atoms with Gasteiger partial charge in [0.25, 0.3) is 21.6 Å². The highest BCUT2D eigenvalue weighted by Gasteiger charge is 2.20. The summed E-state index contributed by atoms with van der Waals surface area (Å²) in [5, 5.41) is 13.7. The molecule has 3 aromatic carbocycles. The van der Waals surface area contributed by atoms with Crippen LogP contribution in [0.2, 0.25) is 0 Å². The Bertz CT molecular complexity index is 1220. The molecule has 0 heterocycles. The van der Waals surface area contributed by atoms with E-state index in [1.54, 1.807) is 12.1 Å². The Kier molecular flexibility index (Phi) is 6.21. The summed E-state index contributed by atoms with van der Waals surface area (Å²) in [4.78, 5) is 22.6. The average molecular weight is 441 g/mol. The lowest BCUT2D eigenvalue weighted by Gasteiger charge is -2.12. The third-order valence-electron chi connectivity index (χ3n) is 4.37. The maximum atomic E-state index is 12.7. The summed E-state index contributed by atoms with van der Waals surface area (Å²) in [5.74, 6) is -0.260. The Labute approximate surface area is 178 Å². The molecule has 0 saturated carbocycles. The first kappa shape index (κ1) is 21.8. The van der Waals surface area contributed by atoms with Crippen LogP contribution in [0.4, 0.5) is 17.1 Å². The van der Waals surface area contributed by atoms with Crippen molar-refractivity contribution < 1.29 is 22.9 Å². The Morgan fingerprint density at radius 1 is 1.00 bits per heavy atom. The fourth-order valence-electron chi connectivity index (χ4n) is 2.72. The van der Waals surface area contributed by atoms with Gasteiger partial charge in [-0.05, 0) is 49.4 Å². The number of aryl methyl sites for hydroxylation is 1. The second-order valence-electron chi connectivity index (χ2n) is 6.59. The van der Waals surface area contributed by atoms with Gasteiger partial charge in [0, 0.05) is 23.4 Å². The normalized spacial score (nSPS) is 10.9. The number of hydrogen-bond acceptors (Lipinski definition) is 6. The maximum Gasteiger partial charge on any atom is 0.271 e. The van der Waals surface area contributed by atoms with E-state index >= 15 is 0 Å². The van der Waals surface area contributed by atoms with Crippen LogP contribution in [0.15, 0.2) is 71.6 Å². The van der Waals surface area contributed by atoms with E-state index < -0.39 is 14.9 Å². The van der Waals surface area contributed by atoms with Crippen molar-refractivity contribution in [2.75, 3.05) is 17.1 Å². The molecule has 0 aliphatic heterocycles. The van der Waals surface area contributed by atoms with Crippen LogP contribution in [-0.4, -0.2) is 26.4 Å². The number of anilines is 2. The molecule has 3 rings (SSSR count). The number of sulfonamides is 1. The highest BCUT2D eigenvalue weighted by molar-refractivity contribution is 7.92. The van der Waals surface area contributed by atoms with Crippen LogP contribution >= 0.6 is 0 Å². The molecule has 2 N–H and O–H groups in total. The van der Waals surface area contributed by atoms with Crippen molar-refractivity contribution in [3.63, 3.8) is 0 Å². The highest BCUT2D eigenvalue weighted by atomic mass is 32.2. The van der Waals surface area contributed by atoms with Gasteiger partial charge >= 0.3 is 0 Å². The predicted molar refractivity (Wildman–Crippen MR) is 116 cm³/mol. The van der Waals surface area contributed by atoms with Crippen LogP contribution in [0.25, 0.3) is 0 Å². The lowest BCUT2D eigenvalue weighted by atomic mass is 10.2. The molecule has 0 saturated heterocycles. The lowest BCUT2D eigenvalue weighted by Crippen LogP contribution is -2.15. The number of amides is 1. The number of carbonyl (C=O) groups excluding carboxylic acids is 1. The van der Waals surface area contributed by atoms with Crippen molar-refractivity contribution in [2.24, 2.45) is 0 Å². The maximum absolute atomic E-state index is 12.7. The van der Waals surface area contributed by atoms with Gasteiger partial charge in [-0.15, -0.1) is 0 Å². The molecular weight excluding hydrogens is 422 g/mol. The molecule has 0 unspecified atom stereocenters. The quantitative estimate of drug-likeness (QED) is 0.422. The first-order chi connectivity index (χ1) is 14.7. The molecule has 0 aliphatic carbocycles. The molecule has 0 radical (unpaired) electrons. The first-order valence-corrected chi connectivity index (χ1v) is 10.5. The molecule has 9 nitrogen and oxygen atoms in total. The monoisotopic (exact) mass is 441 g/mol. The number of rotatable bonds is 7. The molecule has 10 heteroatoms. The van der Waals surface area contributed by atoms with Crippen LogP contribution in [0.1, 0.15) is 15.9 Å². The largest absolute Gasteiger partial charge is 0.495 e. The fraction of sp³-hybridized carbons (Fsp3) is 0.0952. The van der Waals surface area contributed by atoms with Gasteiger partial charge in [0.15, 0.2) is 0 Å². The molecule has 3 aromatic rings. The Morgan fingerprint density at radius 2 is 1.65 bits per heavy atom. The molecule has 0 bridgehead atoms. The van der Waals surface area contributed by atoms with Gasteiger partial charge in [0.05, 0.1) is 22.6 Å². The molecule has 31 heavy (non-hydrogen) atoms. The van der Waals surface area contributed by atoms with Gasteiger partial charge in [-0.1, -0.05) is 17.7 Å². The third kappa shape index (κ3) is 5.17. The van der Waals surface area contributed by atoms with Crippen LogP contribution in [-0.2, 0) is 10.0 Å². The zero-order chi connectivity index (χ0) is 22.6. The van der Waals surface area contributed by atoms with Crippen LogP contribution in [0.5, 0.6) is 5.75 Å². The van der Waals surface area contributed by atoms with E-state index in [0.29, 0.717) is 5.69 Å². The highest BCUT2D eigenvalue weighted by Crippen LogP contribution is 2.30. The van der Waals surface area contributed by atoms with Crippen molar-refractivity contribution in [2.45, 2.75) is 11.8 Å². The number of methoxy groups -OCH3 is 1. The number of carbonyl (C=O) groups is 1. The van der Waals surface area contributed by atoms with Gasteiger partial charge < -0.3 is 10.1 Å². The first-order valence-electron chi connectivity index (χ1n) is 9.03. The van der Waals surface area contributed by atoms with Gasteiger partial charge in [0.2, 0.25) is 0 Å². The van der Waals surface area contributed by atoms with Crippen LogP contribution in [0.3, 0.4) is 0 Å². The van der Waals surface area contributed by atoms with E-state index in [0.717, 1.165) is 11.6 Å². The second-order valence-corrected chi connectivity index (χ2v) is 8.27. The van der Waals surface area contributed by atoms with E-state index in [1.165, 1.54) is 43.5 Å². The summed E-state index contributed by atoms with van der Waals surface area (Å²) in [5.41, 5.74) is 1.58. The summed E-state index contributed by atoms with van der Waals surface area (Å²) < 4.78 is 32.8. The van der Waals surface area contributed by atoms with Gasteiger partial charge in [0.1, 0.15) is 5.75 Å². The van der Waals surface area contributed by atoms with Crippen LogP contribution in [0, 0.1) is 17.0 Å². The average Bonchev–Trinajstić information content (AvgIpc) is 2.75. The Hall–Kier alpha value is -3.92. The number of nitrogens with one attached hydrogen (secondary N) is 2. The summed E-state index contributed by atoms with van der Waals surface area (Å²) in [6.45, 7) is 1.93. The summed E-state index contributed by atoms with van der Waals surface area (Å²) >= 11 is 0. The van der Waals surface area contributed by atoms with Crippen molar-refractivity contribution in [3.8, 4) is 5.75 Å². The van der Waals surface area contributed by atoms with Gasteiger partial charge in [-0.3, -0.25) is 19.6 Å². The van der Waals surface area contributed by atoms with Crippen molar-refractivity contribution in [3.05, 3.63) is 88.0 Å². The molecule has 0 aliphatic rings. The molecule has 160 valence electrons. The Balaban J connectivity index is 1.80. The third-order valence-corrected chi connectivity index (χ3v) is 5.76. The number of non-ortho nitro benzene ring substituents is 1. The minimum atomic E-state index is -4.08. The number of nitrogens with zero attached hydrogens (tertiary/aromatic N) is 1. The topological polar surface area (TPSA) is 128 Å². The Morgan fingerprint density at radius 3 is 2.23 bits per heavy atom. The summed E-state index contributed by atoms with van der Waals surface area (Å²) in [7, 11) is -2.76. The molecule has 0 aromatic heterocycles. The second kappa shape index (κ2) is 8.84. The van der Waals surface area contributed by atoms with Crippen molar-refractivity contribution in [1.82, 2.24) is 0 Å². The van der Waals surface area contributed by atoms with E-state index in [4.69, 9.17) is 4.74 Å². The molecule has 0 fully saturated rings. The fourth-order valence-corrected chi connectivity index (χ4v) is 3.78. The van der Waals surface area contributed by atoms with Crippen molar-refractivity contribution in [1.29, 1.82) is 0 Å². The lowest BCUT2D eigenvalue weighted by molar-refractivity contribution is -0.384. The predicted octanol–water partition coefficient (Wildman–Crippen LogP) is 3.96. The SMILES string of the molecule is COc1ccc([N+](=O)[O-])cc1NS(=O)(=O)c1ccc(C(=O)Nc2ccc(C)cc2)cc1. The number of ether oxygens (including phenoxy) is 1. The van der Waals surface area contributed by atoms with Crippen molar-refractivity contribution >= 4 is 33.0 Å². The summed E-state index contributed by atoms with van der Waals surface area (Å²) in [6, 6.07) is 16.1. The molecule has 0 spiro atoms. The minimum Gasteiger partial charge on any atom is -0.495 e. The number of nitro groups is 1. The molecule has 0 atom stereocenters. The van der Waals surface area contributed by atoms with Gasteiger partial charge in [-0.2, -0.15) is 0 Å². The van der Waals surface area contributed by atoms with E-state index in [1.807, 2.05) is 19.1 Å². The smallest absolute Gasteiger partial charge is 0.271 e. The van der Waals surface area contributed by atoms with Gasteiger partial charge in [-0.25, -0.2) is 8.42 Å². The molecule has 1 amide bonds. The number of hydrogen-bond donors (Lipinski definition) is 2. The number of nitro benzene ring substituents is 1. The van der Waals surface area contributed by atoms with E-state index in [2.05, 4.69) is 10.0 Å². The van der Waals surface area contributed by atoms with E-state index in [9.17, 15) is 23.3 Å². The minimum absolute atomic E-state index is 0.0714. The standard InChI is InChI=1S/C21H19N3O6S/c1-14-3-7-16(8-4-14)22-21(25)15-5-10-18(11-6-15)31(28,29)23-19-13-17(24(26)27)9-12-20(19)30-2/h3-13,23H,1-2H3,(H,22,25). The zero-order valence-electron chi connectivity index (χ0n) is 16.7. The van der Waals surface area contributed by atoms with Crippen LogP contribution < -0.4 is 14.8 Å². The molecular formula is C21H19N3O6S.